The number of carboxylic acids is 1. The Morgan fingerprint density at radius 3 is 2.57 bits per heavy atom. The molecule has 1 amide bonds. The standard InChI is InChI=1S/C17H19NO4S/c1-17(11-22-2,16(20)21)18-15(19)10-23-14-8-7-12-5-3-4-6-13(12)9-14/h3-9H,10-11H2,1-2H3,(H,18,19)(H,20,21). The van der Waals surface area contributed by atoms with Crippen LogP contribution in [0.5, 0.6) is 0 Å². The number of hydrogen-bond acceptors (Lipinski definition) is 4. The fourth-order valence-electron chi connectivity index (χ4n) is 2.19. The highest BCUT2D eigenvalue weighted by Crippen LogP contribution is 2.23. The summed E-state index contributed by atoms with van der Waals surface area (Å²) in [5.41, 5.74) is -1.42. The van der Waals surface area contributed by atoms with Gasteiger partial charge in [-0.1, -0.05) is 30.3 Å². The summed E-state index contributed by atoms with van der Waals surface area (Å²) in [6, 6.07) is 13.9. The van der Waals surface area contributed by atoms with Crippen LogP contribution in [0.15, 0.2) is 47.4 Å². The van der Waals surface area contributed by atoms with Gasteiger partial charge in [-0.05, 0) is 29.8 Å². The second-order valence-corrected chi connectivity index (χ2v) is 6.46. The number of ether oxygens (including phenoxy) is 1. The van der Waals surface area contributed by atoms with Gasteiger partial charge in [0.2, 0.25) is 5.91 Å². The number of fused-ring (bicyclic) bond motifs is 1. The summed E-state index contributed by atoms with van der Waals surface area (Å²) in [7, 11) is 1.40. The Bertz CT molecular complexity index is 719. The number of amides is 1. The van der Waals surface area contributed by atoms with E-state index < -0.39 is 11.5 Å². The van der Waals surface area contributed by atoms with E-state index in [-0.39, 0.29) is 18.3 Å². The molecule has 0 saturated carbocycles. The van der Waals surface area contributed by atoms with Crippen LogP contribution in [0.3, 0.4) is 0 Å². The zero-order valence-electron chi connectivity index (χ0n) is 13.0. The molecule has 0 saturated heterocycles. The lowest BCUT2D eigenvalue weighted by molar-refractivity contribution is -0.148. The third-order valence-corrected chi connectivity index (χ3v) is 4.40. The minimum atomic E-state index is -1.42. The van der Waals surface area contributed by atoms with E-state index in [9.17, 15) is 14.7 Å². The van der Waals surface area contributed by atoms with Crippen molar-refractivity contribution < 1.29 is 19.4 Å². The van der Waals surface area contributed by atoms with Gasteiger partial charge in [0.15, 0.2) is 5.54 Å². The molecule has 1 unspecified atom stereocenters. The van der Waals surface area contributed by atoms with Crippen molar-refractivity contribution in [2.24, 2.45) is 0 Å². The van der Waals surface area contributed by atoms with Gasteiger partial charge in [-0.15, -0.1) is 11.8 Å². The molecule has 122 valence electrons. The second kappa shape index (κ2) is 7.48. The van der Waals surface area contributed by atoms with Crippen LogP contribution in [0.4, 0.5) is 0 Å². The van der Waals surface area contributed by atoms with Crippen molar-refractivity contribution in [3.8, 4) is 0 Å². The molecule has 0 spiro atoms. The van der Waals surface area contributed by atoms with E-state index in [1.165, 1.54) is 25.8 Å². The summed E-state index contributed by atoms with van der Waals surface area (Å²) in [4.78, 5) is 24.3. The maximum atomic E-state index is 12.0. The van der Waals surface area contributed by atoms with Crippen LogP contribution in [0.1, 0.15) is 6.92 Å². The van der Waals surface area contributed by atoms with Crippen LogP contribution in [0, 0.1) is 0 Å². The van der Waals surface area contributed by atoms with Gasteiger partial charge in [-0.2, -0.15) is 0 Å². The highest BCUT2D eigenvalue weighted by atomic mass is 32.2. The quantitative estimate of drug-likeness (QED) is 0.762. The zero-order chi connectivity index (χ0) is 16.9. The maximum absolute atomic E-state index is 12.0. The predicted octanol–water partition coefficient (Wildman–Crippen LogP) is 2.54. The van der Waals surface area contributed by atoms with Gasteiger partial charge < -0.3 is 15.2 Å². The molecule has 1 atom stereocenters. The Balaban J connectivity index is 1.98. The molecule has 0 bridgehead atoms. The molecule has 2 N–H and O–H groups in total. The van der Waals surface area contributed by atoms with Crippen LogP contribution < -0.4 is 5.32 Å². The molecule has 6 heteroatoms. The first-order valence-electron chi connectivity index (χ1n) is 7.09. The van der Waals surface area contributed by atoms with E-state index in [0.717, 1.165) is 15.7 Å². The smallest absolute Gasteiger partial charge is 0.331 e. The van der Waals surface area contributed by atoms with Crippen molar-refractivity contribution in [2.45, 2.75) is 17.4 Å². The number of thioether (sulfide) groups is 1. The third-order valence-electron chi connectivity index (χ3n) is 3.41. The first kappa shape index (κ1) is 17.3. The van der Waals surface area contributed by atoms with E-state index in [1.54, 1.807) is 0 Å². The summed E-state index contributed by atoms with van der Waals surface area (Å²) >= 11 is 1.37. The molecule has 5 nitrogen and oxygen atoms in total. The van der Waals surface area contributed by atoms with Gasteiger partial charge in [0.1, 0.15) is 0 Å². The number of carboxylic acid groups (broad SMARTS) is 1. The molecular formula is C17H19NO4S. The monoisotopic (exact) mass is 333 g/mol. The normalized spacial score (nSPS) is 13.5. The van der Waals surface area contributed by atoms with Gasteiger partial charge in [0.25, 0.3) is 0 Å². The molecule has 2 aromatic carbocycles. The largest absolute Gasteiger partial charge is 0.479 e. The first-order valence-corrected chi connectivity index (χ1v) is 8.08. The van der Waals surface area contributed by atoms with Crippen molar-refractivity contribution in [3.05, 3.63) is 42.5 Å². The molecule has 0 aliphatic rings. The van der Waals surface area contributed by atoms with Crippen molar-refractivity contribution in [2.75, 3.05) is 19.5 Å². The second-order valence-electron chi connectivity index (χ2n) is 5.42. The number of aliphatic carboxylic acids is 1. The lowest BCUT2D eigenvalue weighted by atomic mass is 10.0. The molecule has 0 fully saturated rings. The van der Waals surface area contributed by atoms with E-state index in [4.69, 9.17) is 4.74 Å². The summed E-state index contributed by atoms with van der Waals surface area (Å²) in [6.45, 7) is 1.34. The van der Waals surface area contributed by atoms with Crippen molar-refractivity contribution in [1.82, 2.24) is 5.32 Å². The molecule has 0 radical (unpaired) electrons. The number of nitrogens with one attached hydrogen (secondary N) is 1. The molecule has 2 rings (SSSR count). The Morgan fingerprint density at radius 1 is 1.22 bits per heavy atom. The topological polar surface area (TPSA) is 75.6 Å². The highest BCUT2D eigenvalue weighted by molar-refractivity contribution is 8.00. The van der Waals surface area contributed by atoms with Crippen LogP contribution in [-0.4, -0.2) is 42.0 Å². The number of methoxy groups -OCH3 is 1. The summed E-state index contributed by atoms with van der Waals surface area (Å²) in [5.74, 6) is -1.32. The first-order chi connectivity index (χ1) is 10.9. The Hall–Kier alpha value is -2.05. The number of carbonyl (C=O) groups is 2. The van der Waals surface area contributed by atoms with Gasteiger partial charge in [-0.3, -0.25) is 4.79 Å². The lowest BCUT2D eigenvalue weighted by Gasteiger charge is -2.25. The van der Waals surface area contributed by atoms with Gasteiger partial charge in [0, 0.05) is 12.0 Å². The summed E-state index contributed by atoms with van der Waals surface area (Å²) in [6.07, 6.45) is 0. The molecule has 0 aliphatic heterocycles. The minimum absolute atomic E-state index is 0.0886. The van der Waals surface area contributed by atoms with Crippen molar-refractivity contribution in [3.63, 3.8) is 0 Å². The molecular weight excluding hydrogens is 314 g/mol. The Morgan fingerprint density at radius 2 is 1.91 bits per heavy atom. The fourth-order valence-corrected chi connectivity index (χ4v) is 2.93. The molecule has 0 heterocycles. The molecule has 2 aromatic rings. The van der Waals surface area contributed by atoms with E-state index in [2.05, 4.69) is 5.32 Å². The maximum Gasteiger partial charge on any atom is 0.331 e. The van der Waals surface area contributed by atoms with Gasteiger partial charge in [0.05, 0.1) is 12.4 Å². The molecule has 0 aliphatic carbocycles. The number of hydrogen-bond donors (Lipinski definition) is 2. The molecule has 23 heavy (non-hydrogen) atoms. The van der Waals surface area contributed by atoms with Crippen molar-refractivity contribution >= 4 is 34.4 Å². The minimum Gasteiger partial charge on any atom is -0.479 e. The highest BCUT2D eigenvalue weighted by Gasteiger charge is 2.34. The van der Waals surface area contributed by atoms with Crippen LogP contribution in [0.2, 0.25) is 0 Å². The fraction of sp³-hybridized carbons (Fsp3) is 0.294. The Kier molecular flexibility index (Phi) is 5.63. The lowest BCUT2D eigenvalue weighted by Crippen LogP contribution is -2.55. The average Bonchev–Trinajstić information content (AvgIpc) is 2.52. The van der Waals surface area contributed by atoms with Crippen LogP contribution in [-0.2, 0) is 14.3 Å². The van der Waals surface area contributed by atoms with E-state index in [1.807, 2.05) is 42.5 Å². The van der Waals surface area contributed by atoms with E-state index >= 15 is 0 Å². The van der Waals surface area contributed by atoms with Crippen LogP contribution >= 0.6 is 11.8 Å². The predicted molar refractivity (Wildman–Crippen MR) is 90.7 cm³/mol. The van der Waals surface area contributed by atoms with Gasteiger partial charge >= 0.3 is 5.97 Å². The summed E-state index contributed by atoms with van der Waals surface area (Å²) < 4.78 is 4.88. The van der Waals surface area contributed by atoms with E-state index in [0.29, 0.717) is 0 Å². The van der Waals surface area contributed by atoms with Crippen LogP contribution in [0.25, 0.3) is 10.8 Å². The number of benzene rings is 2. The third kappa shape index (κ3) is 4.46. The van der Waals surface area contributed by atoms with Crippen molar-refractivity contribution in [1.29, 1.82) is 0 Å². The number of rotatable bonds is 7. The molecule has 0 aromatic heterocycles. The zero-order valence-corrected chi connectivity index (χ0v) is 13.9. The summed E-state index contributed by atoms with van der Waals surface area (Å²) in [5, 5.41) is 14.0. The SMILES string of the molecule is COCC(C)(NC(=O)CSc1ccc2ccccc2c1)C(=O)O. The average molecular weight is 333 g/mol. The van der Waals surface area contributed by atoms with Gasteiger partial charge in [-0.25, -0.2) is 4.79 Å². The Labute approximate surface area is 139 Å². The number of carbonyl (C=O) groups excluding carboxylic acids is 1.